The number of ether oxygens (including phenoxy) is 1. The molecule has 152 valence electrons. The van der Waals surface area contributed by atoms with Crippen LogP contribution in [0.1, 0.15) is 71.6 Å². The molecule has 0 N–H and O–H groups in total. The Kier molecular flexibility index (Phi) is 25.3. The molecule has 0 aliphatic heterocycles. The van der Waals surface area contributed by atoms with Crippen molar-refractivity contribution in [3.8, 4) is 0 Å². The molecule has 0 fully saturated rings. The van der Waals surface area contributed by atoms with E-state index in [0.717, 1.165) is 51.4 Å². The number of rotatable bonds is 17. The molecule has 0 aromatic heterocycles. The third-order valence-corrected chi connectivity index (χ3v) is 3.88. The number of hydrogen-bond acceptors (Lipinski definition) is 3. The third-order valence-electron chi connectivity index (χ3n) is 3.88. The van der Waals surface area contributed by atoms with E-state index in [4.69, 9.17) is 4.74 Å². The second-order valence-corrected chi connectivity index (χ2v) is 6.29. The molecular formula is C24H37NaO3. The maximum absolute atomic E-state index is 10.7. The fourth-order valence-electron chi connectivity index (χ4n) is 2.31. The summed E-state index contributed by atoms with van der Waals surface area (Å²) >= 11 is 0. The average Bonchev–Trinajstić information content (AvgIpc) is 2.66. The first-order valence-corrected chi connectivity index (χ1v) is 10.3. The van der Waals surface area contributed by atoms with Gasteiger partial charge in [0.2, 0.25) is 0 Å². The van der Waals surface area contributed by atoms with Crippen molar-refractivity contribution in [3.05, 3.63) is 60.8 Å². The number of carbonyl (C=O) groups excluding carboxylic acids is 1. The summed E-state index contributed by atoms with van der Waals surface area (Å²) in [6, 6.07) is 0. The van der Waals surface area contributed by atoms with Crippen LogP contribution in [-0.4, -0.2) is 18.7 Å². The van der Waals surface area contributed by atoms with E-state index in [1.54, 1.807) is 6.92 Å². The van der Waals surface area contributed by atoms with Crippen molar-refractivity contribution in [2.75, 3.05) is 6.61 Å². The van der Waals surface area contributed by atoms with E-state index < -0.39 is 12.1 Å². The first-order valence-electron chi connectivity index (χ1n) is 10.3. The molecule has 1 unspecified atom stereocenters. The smallest absolute Gasteiger partial charge is 0.547 e. The van der Waals surface area contributed by atoms with Crippen molar-refractivity contribution in [2.45, 2.75) is 77.7 Å². The molecule has 0 rings (SSSR count). The van der Waals surface area contributed by atoms with Crippen LogP contribution in [0.3, 0.4) is 0 Å². The largest absolute Gasteiger partial charge is 1.00 e. The Balaban J connectivity index is 0. The molecule has 0 aliphatic carbocycles. The fraction of sp³-hybridized carbons (Fsp3) is 0.542. The summed E-state index contributed by atoms with van der Waals surface area (Å²) in [6.45, 7) is 4.42. The van der Waals surface area contributed by atoms with Crippen LogP contribution in [0.2, 0.25) is 0 Å². The Hall–Kier alpha value is -0.870. The number of hydrogen-bond donors (Lipinski definition) is 0. The number of aliphatic carboxylic acids is 1. The number of carboxylic acid groups (broad SMARTS) is 1. The van der Waals surface area contributed by atoms with E-state index in [9.17, 15) is 9.90 Å². The van der Waals surface area contributed by atoms with E-state index in [-0.39, 0.29) is 29.6 Å². The van der Waals surface area contributed by atoms with E-state index in [0.29, 0.717) is 13.0 Å². The summed E-state index contributed by atoms with van der Waals surface area (Å²) in [7, 11) is 0. The number of carboxylic acids is 1. The molecule has 0 saturated carbocycles. The minimum atomic E-state index is -1.12. The van der Waals surface area contributed by atoms with Crippen LogP contribution in [0.5, 0.6) is 0 Å². The number of allylic oxidation sites excluding steroid dienone is 10. The van der Waals surface area contributed by atoms with Crippen LogP contribution in [0, 0.1) is 0 Å². The molecule has 0 spiro atoms. The summed E-state index contributed by atoms with van der Waals surface area (Å²) in [5.74, 6) is -1.12. The van der Waals surface area contributed by atoms with Gasteiger partial charge in [-0.1, -0.05) is 74.6 Å². The van der Waals surface area contributed by atoms with Crippen LogP contribution in [0.25, 0.3) is 0 Å². The third kappa shape index (κ3) is 21.4. The van der Waals surface area contributed by atoms with Gasteiger partial charge in [-0.25, -0.2) is 0 Å². The van der Waals surface area contributed by atoms with Crippen molar-refractivity contribution >= 4 is 5.97 Å². The molecular weight excluding hydrogens is 359 g/mol. The number of unbranched alkanes of at least 4 members (excludes halogenated alkanes) is 2. The summed E-state index contributed by atoms with van der Waals surface area (Å²) in [6.07, 6.45) is 29.5. The van der Waals surface area contributed by atoms with Crippen LogP contribution in [0.4, 0.5) is 0 Å². The molecule has 4 heteroatoms. The van der Waals surface area contributed by atoms with Gasteiger partial charge in [-0.15, -0.1) is 0 Å². The Labute approximate surface area is 194 Å². The van der Waals surface area contributed by atoms with Gasteiger partial charge in [0, 0.05) is 6.61 Å². The van der Waals surface area contributed by atoms with Gasteiger partial charge >= 0.3 is 29.6 Å². The molecule has 3 nitrogen and oxygen atoms in total. The molecule has 0 bridgehead atoms. The predicted molar refractivity (Wildman–Crippen MR) is 113 cm³/mol. The first kappa shape index (κ1) is 29.3. The molecule has 1 atom stereocenters. The van der Waals surface area contributed by atoms with Gasteiger partial charge < -0.3 is 14.6 Å². The summed E-state index contributed by atoms with van der Waals surface area (Å²) < 4.78 is 5.27. The Morgan fingerprint density at radius 2 is 1.25 bits per heavy atom. The van der Waals surface area contributed by atoms with Gasteiger partial charge in [-0.3, -0.25) is 0 Å². The standard InChI is InChI=1S/C24H38O3.Na/c1-3-5-6-7-8-9-10-11-12-13-14-15-16-17-18-19-20-21-22-27-23(4-2)24(25)26;/h5-6,8-9,11-12,14-15,17-18,23H,3-4,7,10,13,16,19-22H2,1-2H3,(H,25,26);/q;+1/p-1/b6-5-,9-8-,12-11-,15-14-,18-17-;. The minimum absolute atomic E-state index is 0. The molecule has 0 saturated heterocycles. The molecule has 0 amide bonds. The van der Waals surface area contributed by atoms with Crippen LogP contribution >= 0.6 is 0 Å². The predicted octanol–water partition coefficient (Wildman–Crippen LogP) is 2.46. The van der Waals surface area contributed by atoms with Crippen LogP contribution in [-0.2, 0) is 9.53 Å². The van der Waals surface area contributed by atoms with Gasteiger partial charge in [0.1, 0.15) is 0 Å². The van der Waals surface area contributed by atoms with Crippen molar-refractivity contribution in [1.29, 1.82) is 0 Å². The second kappa shape index (κ2) is 24.2. The molecule has 28 heavy (non-hydrogen) atoms. The first-order chi connectivity index (χ1) is 13.2. The van der Waals surface area contributed by atoms with Crippen molar-refractivity contribution < 1.29 is 44.2 Å². The van der Waals surface area contributed by atoms with E-state index in [2.05, 4.69) is 67.7 Å². The van der Waals surface area contributed by atoms with Gasteiger partial charge in [-0.05, 0) is 57.8 Å². The summed E-state index contributed by atoms with van der Waals surface area (Å²) in [5, 5.41) is 10.7. The van der Waals surface area contributed by atoms with Gasteiger partial charge in [0.25, 0.3) is 0 Å². The van der Waals surface area contributed by atoms with E-state index in [1.807, 2.05) is 0 Å². The molecule has 0 aromatic rings. The zero-order chi connectivity index (χ0) is 20.0. The zero-order valence-corrected chi connectivity index (χ0v) is 20.1. The Morgan fingerprint density at radius 1 is 0.786 bits per heavy atom. The van der Waals surface area contributed by atoms with Gasteiger partial charge in [0.05, 0.1) is 12.1 Å². The Bertz CT molecular complexity index is 490. The van der Waals surface area contributed by atoms with E-state index >= 15 is 0 Å². The summed E-state index contributed by atoms with van der Waals surface area (Å²) in [4.78, 5) is 10.7. The van der Waals surface area contributed by atoms with Crippen LogP contribution in [0.15, 0.2) is 60.8 Å². The average molecular weight is 397 g/mol. The van der Waals surface area contributed by atoms with Crippen molar-refractivity contribution in [2.24, 2.45) is 0 Å². The van der Waals surface area contributed by atoms with Crippen molar-refractivity contribution in [3.63, 3.8) is 0 Å². The van der Waals surface area contributed by atoms with Gasteiger partial charge in [-0.2, -0.15) is 0 Å². The topological polar surface area (TPSA) is 49.4 Å². The second-order valence-electron chi connectivity index (χ2n) is 6.29. The van der Waals surface area contributed by atoms with Gasteiger partial charge in [0.15, 0.2) is 0 Å². The SMILES string of the molecule is CC/C=C\C/C=C\C/C=C\C/C=C\C/C=C\CCCCOC(CC)C(=O)[O-].[Na+]. The molecule has 0 aliphatic rings. The van der Waals surface area contributed by atoms with Crippen molar-refractivity contribution in [1.82, 2.24) is 0 Å². The monoisotopic (exact) mass is 396 g/mol. The molecule has 0 aromatic carbocycles. The normalized spacial score (nSPS) is 13.4. The van der Waals surface area contributed by atoms with E-state index in [1.165, 1.54) is 0 Å². The quantitative estimate of drug-likeness (QED) is 0.216. The maximum Gasteiger partial charge on any atom is 1.00 e. The molecule has 0 radical (unpaired) electrons. The summed E-state index contributed by atoms with van der Waals surface area (Å²) in [5.41, 5.74) is 0. The van der Waals surface area contributed by atoms with Crippen LogP contribution < -0.4 is 34.7 Å². The fourth-order valence-corrected chi connectivity index (χ4v) is 2.31. The Morgan fingerprint density at radius 3 is 1.68 bits per heavy atom. The maximum atomic E-state index is 10.7. The molecule has 0 heterocycles. The zero-order valence-electron chi connectivity index (χ0n) is 18.1. The number of carbonyl (C=O) groups is 1. The minimum Gasteiger partial charge on any atom is -0.547 e.